The van der Waals surface area contributed by atoms with Crippen molar-refractivity contribution >= 4 is 5.97 Å². The van der Waals surface area contributed by atoms with Crippen molar-refractivity contribution in [1.82, 2.24) is 0 Å². The fourth-order valence-corrected chi connectivity index (χ4v) is 1.22. The lowest BCUT2D eigenvalue weighted by atomic mass is 10.1. The number of rotatable bonds is 8. The summed E-state index contributed by atoms with van der Waals surface area (Å²) in [5.74, 6) is -0.754. The molecule has 0 saturated heterocycles. The van der Waals surface area contributed by atoms with Gasteiger partial charge in [-0.1, -0.05) is 39.0 Å². The summed E-state index contributed by atoms with van der Waals surface area (Å²) in [4.78, 5) is 11.0. The fourth-order valence-electron chi connectivity index (χ4n) is 1.22. The lowest BCUT2D eigenvalue weighted by Crippen LogP contribution is -2.28. The third-order valence-electron chi connectivity index (χ3n) is 2.22. The van der Waals surface area contributed by atoms with E-state index in [0.29, 0.717) is 6.61 Å². The number of carbonyl (C=O) groups is 1. The molecule has 90 valence electrons. The van der Waals surface area contributed by atoms with Gasteiger partial charge >= 0.3 is 5.97 Å². The van der Waals surface area contributed by atoms with Gasteiger partial charge in [-0.3, -0.25) is 0 Å². The molecule has 3 heteroatoms. The molecular formula is C12H23FO2. The molecule has 0 unspecified atom stereocenters. The van der Waals surface area contributed by atoms with E-state index in [0.717, 1.165) is 12.8 Å². The lowest BCUT2D eigenvalue weighted by Gasteiger charge is -2.12. The van der Waals surface area contributed by atoms with Gasteiger partial charge in [-0.15, -0.1) is 0 Å². The summed E-state index contributed by atoms with van der Waals surface area (Å²) < 4.78 is 17.8. The normalized spacial score (nSPS) is 11.5. The maximum atomic E-state index is 13.0. The maximum absolute atomic E-state index is 13.0. The summed E-state index contributed by atoms with van der Waals surface area (Å²) >= 11 is 0. The van der Waals surface area contributed by atoms with Crippen LogP contribution >= 0.6 is 0 Å². The molecule has 0 aliphatic rings. The van der Waals surface area contributed by atoms with Crippen LogP contribution in [0.2, 0.25) is 0 Å². The first-order valence-electron chi connectivity index (χ1n) is 5.84. The van der Waals surface area contributed by atoms with Crippen LogP contribution in [0.3, 0.4) is 0 Å². The maximum Gasteiger partial charge on any atom is 0.343 e. The Labute approximate surface area is 92.2 Å². The number of hydrogen-bond acceptors (Lipinski definition) is 2. The van der Waals surface area contributed by atoms with Crippen molar-refractivity contribution in [3.63, 3.8) is 0 Å². The molecule has 0 N–H and O–H groups in total. The molecule has 0 spiro atoms. The predicted octanol–water partition coefficient (Wildman–Crippen LogP) is 3.64. The van der Waals surface area contributed by atoms with Crippen LogP contribution in [0.1, 0.15) is 59.3 Å². The summed E-state index contributed by atoms with van der Waals surface area (Å²) in [5, 5.41) is 0. The van der Waals surface area contributed by atoms with Crippen molar-refractivity contribution in [3.05, 3.63) is 0 Å². The SMILES string of the molecule is CCCCCCCCOC(=O)C(C)(C)F. The molecule has 0 saturated carbocycles. The molecule has 0 rings (SSSR count). The van der Waals surface area contributed by atoms with Gasteiger partial charge < -0.3 is 4.74 Å². The van der Waals surface area contributed by atoms with Crippen LogP contribution in [0.15, 0.2) is 0 Å². The minimum Gasteiger partial charge on any atom is -0.463 e. The molecule has 0 amide bonds. The lowest BCUT2D eigenvalue weighted by molar-refractivity contribution is -0.155. The third-order valence-corrected chi connectivity index (χ3v) is 2.22. The van der Waals surface area contributed by atoms with Crippen molar-refractivity contribution in [2.24, 2.45) is 0 Å². The van der Waals surface area contributed by atoms with Crippen LogP contribution in [0.25, 0.3) is 0 Å². The number of esters is 1. The zero-order valence-corrected chi connectivity index (χ0v) is 10.1. The molecule has 0 bridgehead atoms. The molecule has 15 heavy (non-hydrogen) atoms. The van der Waals surface area contributed by atoms with E-state index in [4.69, 9.17) is 4.74 Å². The fraction of sp³-hybridized carbons (Fsp3) is 0.917. The van der Waals surface area contributed by atoms with E-state index in [1.54, 1.807) is 0 Å². The molecule has 0 atom stereocenters. The van der Waals surface area contributed by atoms with Crippen molar-refractivity contribution < 1.29 is 13.9 Å². The second kappa shape index (κ2) is 7.66. The van der Waals surface area contributed by atoms with Gasteiger partial charge in [0.05, 0.1) is 6.61 Å². The molecule has 0 aliphatic heterocycles. The number of alkyl halides is 1. The summed E-state index contributed by atoms with van der Waals surface area (Å²) in [6.45, 7) is 4.95. The highest BCUT2D eigenvalue weighted by atomic mass is 19.1. The quantitative estimate of drug-likeness (QED) is 0.459. The molecule has 0 fully saturated rings. The predicted molar refractivity (Wildman–Crippen MR) is 59.5 cm³/mol. The first kappa shape index (κ1) is 14.4. The van der Waals surface area contributed by atoms with E-state index in [1.807, 2.05) is 0 Å². The van der Waals surface area contributed by atoms with Crippen LogP contribution in [0.4, 0.5) is 4.39 Å². The van der Waals surface area contributed by atoms with Crippen LogP contribution < -0.4 is 0 Å². The van der Waals surface area contributed by atoms with E-state index in [9.17, 15) is 9.18 Å². The smallest absolute Gasteiger partial charge is 0.343 e. The second-order valence-electron chi connectivity index (χ2n) is 4.38. The van der Waals surface area contributed by atoms with Crippen molar-refractivity contribution in [2.45, 2.75) is 65.0 Å². The van der Waals surface area contributed by atoms with E-state index in [2.05, 4.69) is 6.92 Å². The van der Waals surface area contributed by atoms with Gasteiger partial charge in [0.25, 0.3) is 0 Å². The average molecular weight is 218 g/mol. The van der Waals surface area contributed by atoms with E-state index in [-0.39, 0.29) is 0 Å². The summed E-state index contributed by atoms with van der Waals surface area (Å²) in [7, 11) is 0. The summed E-state index contributed by atoms with van der Waals surface area (Å²) in [6, 6.07) is 0. The second-order valence-corrected chi connectivity index (χ2v) is 4.38. The Bertz CT molecular complexity index is 173. The van der Waals surface area contributed by atoms with E-state index in [1.165, 1.54) is 39.5 Å². The Morgan fingerprint density at radius 3 is 2.20 bits per heavy atom. The Morgan fingerprint density at radius 2 is 1.67 bits per heavy atom. The Balaban J connectivity index is 3.28. The molecule has 0 aromatic heterocycles. The monoisotopic (exact) mass is 218 g/mol. The molecule has 0 aliphatic carbocycles. The van der Waals surface area contributed by atoms with Crippen molar-refractivity contribution in [2.75, 3.05) is 6.61 Å². The molecular weight excluding hydrogens is 195 g/mol. The summed E-state index contributed by atoms with van der Waals surface area (Å²) in [6.07, 6.45) is 6.79. The number of ether oxygens (including phenoxy) is 1. The van der Waals surface area contributed by atoms with Crippen LogP contribution in [0.5, 0.6) is 0 Å². The first-order chi connectivity index (χ1) is 6.98. The van der Waals surface area contributed by atoms with Gasteiger partial charge in [-0.25, -0.2) is 9.18 Å². The van der Waals surface area contributed by atoms with E-state index < -0.39 is 11.6 Å². The highest BCUT2D eigenvalue weighted by molar-refractivity contribution is 5.78. The van der Waals surface area contributed by atoms with Gasteiger partial charge in [0, 0.05) is 0 Å². The first-order valence-corrected chi connectivity index (χ1v) is 5.84. The Kier molecular flexibility index (Phi) is 7.35. The number of hydrogen-bond donors (Lipinski definition) is 0. The number of halogens is 1. The molecule has 0 radical (unpaired) electrons. The van der Waals surface area contributed by atoms with Crippen LogP contribution in [-0.4, -0.2) is 18.2 Å². The minimum absolute atomic E-state index is 0.346. The van der Waals surface area contributed by atoms with Gasteiger partial charge in [0.15, 0.2) is 0 Å². The van der Waals surface area contributed by atoms with Crippen LogP contribution in [-0.2, 0) is 9.53 Å². The molecule has 0 aromatic carbocycles. The van der Waals surface area contributed by atoms with Crippen LogP contribution in [0, 0.1) is 0 Å². The van der Waals surface area contributed by atoms with Crippen molar-refractivity contribution in [3.8, 4) is 0 Å². The van der Waals surface area contributed by atoms with Crippen molar-refractivity contribution in [1.29, 1.82) is 0 Å². The van der Waals surface area contributed by atoms with Gasteiger partial charge in [0.2, 0.25) is 5.67 Å². The number of carbonyl (C=O) groups excluding carboxylic acids is 1. The van der Waals surface area contributed by atoms with Gasteiger partial charge in [-0.2, -0.15) is 0 Å². The third kappa shape index (κ3) is 8.40. The zero-order valence-electron chi connectivity index (χ0n) is 10.1. The standard InChI is InChI=1S/C12H23FO2/c1-4-5-6-7-8-9-10-15-11(14)12(2,3)13/h4-10H2,1-3H3. The molecule has 0 aromatic rings. The molecule has 2 nitrogen and oxygen atoms in total. The Morgan fingerprint density at radius 1 is 1.13 bits per heavy atom. The largest absolute Gasteiger partial charge is 0.463 e. The molecule has 0 heterocycles. The van der Waals surface area contributed by atoms with Gasteiger partial charge in [-0.05, 0) is 20.3 Å². The number of unbranched alkanes of at least 4 members (excludes halogenated alkanes) is 5. The van der Waals surface area contributed by atoms with E-state index >= 15 is 0 Å². The highest BCUT2D eigenvalue weighted by Gasteiger charge is 2.27. The highest BCUT2D eigenvalue weighted by Crippen LogP contribution is 2.11. The average Bonchev–Trinajstić information content (AvgIpc) is 2.14. The Hall–Kier alpha value is -0.600. The zero-order chi connectivity index (χ0) is 11.7. The minimum atomic E-state index is -1.86. The topological polar surface area (TPSA) is 26.3 Å². The summed E-state index contributed by atoms with van der Waals surface area (Å²) in [5.41, 5.74) is -1.86. The van der Waals surface area contributed by atoms with Gasteiger partial charge in [0.1, 0.15) is 0 Å².